The van der Waals surface area contributed by atoms with Crippen LogP contribution in [0, 0.1) is 0 Å². The molecule has 1 aromatic heterocycles. The third-order valence-electron chi connectivity index (χ3n) is 5.14. The van der Waals surface area contributed by atoms with Crippen LogP contribution in [0.4, 0.5) is 0 Å². The third kappa shape index (κ3) is 6.07. The lowest BCUT2D eigenvalue weighted by Gasteiger charge is -2.21. The standard InChI is InChI=1S/C23H27BrN4O4S/c1-23(2,3)17-8-6-16(7-9-17)22-26-25-20(32-22)14-27(4)21(29)15-28(5)33(30,31)19-12-10-18(24)11-13-19/h6-13H,14-15H2,1-5H3. The van der Waals surface area contributed by atoms with E-state index >= 15 is 0 Å². The molecular weight excluding hydrogens is 508 g/mol. The van der Waals surface area contributed by atoms with Crippen LogP contribution in [0.5, 0.6) is 0 Å². The highest BCUT2D eigenvalue weighted by Crippen LogP contribution is 2.26. The molecule has 0 saturated carbocycles. The van der Waals surface area contributed by atoms with Gasteiger partial charge in [0.2, 0.25) is 27.7 Å². The number of carbonyl (C=O) groups excluding carboxylic acids is 1. The number of carbonyl (C=O) groups is 1. The molecule has 0 radical (unpaired) electrons. The van der Waals surface area contributed by atoms with Crippen molar-refractivity contribution in [2.75, 3.05) is 20.6 Å². The Kier molecular flexibility index (Phi) is 7.40. The van der Waals surface area contributed by atoms with E-state index in [-0.39, 0.29) is 29.3 Å². The third-order valence-corrected chi connectivity index (χ3v) is 7.49. The molecule has 0 saturated heterocycles. The van der Waals surface area contributed by atoms with Crippen molar-refractivity contribution >= 4 is 31.9 Å². The SMILES string of the molecule is CN(Cc1nnc(-c2ccc(C(C)(C)C)cc2)o1)C(=O)CN(C)S(=O)(=O)c1ccc(Br)cc1. The Morgan fingerprint density at radius 3 is 2.18 bits per heavy atom. The average Bonchev–Trinajstić information content (AvgIpc) is 3.22. The molecule has 0 spiro atoms. The summed E-state index contributed by atoms with van der Waals surface area (Å²) in [6.45, 7) is 6.17. The monoisotopic (exact) mass is 534 g/mol. The molecule has 0 aliphatic carbocycles. The predicted octanol–water partition coefficient (Wildman–Crippen LogP) is 4.08. The topological polar surface area (TPSA) is 96.6 Å². The van der Waals surface area contributed by atoms with Crippen LogP contribution in [0.2, 0.25) is 0 Å². The fraction of sp³-hybridized carbons (Fsp3) is 0.348. The first-order valence-electron chi connectivity index (χ1n) is 10.3. The Labute approximate surface area is 202 Å². The van der Waals surface area contributed by atoms with Gasteiger partial charge in [0.15, 0.2) is 0 Å². The Balaban J connectivity index is 1.63. The first-order chi connectivity index (χ1) is 15.4. The zero-order valence-electron chi connectivity index (χ0n) is 19.2. The van der Waals surface area contributed by atoms with Crippen LogP contribution in [-0.4, -0.2) is 54.4 Å². The molecule has 2 aromatic carbocycles. The normalized spacial score (nSPS) is 12.2. The number of aromatic nitrogens is 2. The Hall–Kier alpha value is -2.56. The number of sulfonamides is 1. The highest BCUT2D eigenvalue weighted by Gasteiger charge is 2.25. The van der Waals surface area contributed by atoms with E-state index in [9.17, 15) is 13.2 Å². The van der Waals surface area contributed by atoms with Crippen LogP contribution in [-0.2, 0) is 26.8 Å². The summed E-state index contributed by atoms with van der Waals surface area (Å²) in [6, 6.07) is 14.1. The summed E-state index contributed by atoms with van der Waals surface area (Å²) >= 11 is 3.28. The second-order valence-corrected chi connectivity index (χ2v) is 11.8. The van der Waals surface area contributed by atoms with Crippen molar-refractivity contribution in [2.45, 2.75) is 37.6 Å². The van der Waals surface area contributed by atoms with E-state index in [1.54, 1.807) is 19.2 Å². The molecule has 0 aliphatic heterocycles. The van der Waals surface area contributed by atoms with E-state index in [1.165, 1.54) is 29.6 Å². The molecule has 10 heteroatoms. The molecule has 1 heterocycles. The van der Waals surface area contributed by atoms with E-state index in [0.717, 1.165) is 14.3 Å². The quantitative estimate of drug-likeness (QED) is 0.453. The molecule has 3 aromatic rings. The van der Waals surface area contributed by atoms with E-state index in [4.69, 9.17) is 4.42 Å². The summed E-state index contributed by atoms with van der Waals surface area (Å²) in [6.07, 6.45) is 0. The highest BCUT2D eigenvalue weighted by atomic mass is 79.9. The number of hydrogen-bond acceptors (Lipinski definition) is 6. The van der Waals surface area contributed by atoms with E-state index in [0.29, 0.717) is 5.89 Å². The summed E-state index contributed by atoms with van der Waals surface area (Å²) in [5.41, 5.74) is 2.02. The number of nitrogens with zero attached hydrogens (tertiary/aromatic N) is 4. The minimum atomic E-state index is -3.79. The zero-order chi connectivity index (χ0) is 24.4. The van der Waals surface area contributed by atoms with Gasteiger partial charge in [-0.2, -0.15) is 4.31 Å². The van der Waals surface area contributed by atoms with Gasteiger partial charge in [-0.1, -0.05) is 48.8 Å². The van der Waals surface area contributed by atoms with Crippen LogP contribution < -0.4 is 0 Å². The largest absolute Gasteiger partial charge is 0.419 e. The van der Waals surface area contributed by atoms with Gasteiger partial charge in [0, 0.05) is 24.1 Å². The molecule has 1 amide bonds. The van der Waals surface area contributed by atoms with Gasteiger partial charge in [-0.25, -0.2) is 8.42 Å². The molecule has 0 bridgehead atoms. The van der Waals surface area contributed by atoms with Crippen molar-refractivity contribution in [1.29, 1.82) is 0 Å². The van der Waals surface area contributed by atoms with Gasteiger partial charge in [-0.3, -0.25) is 4.79 Å². The molecule has 0 atom stereocenters. The molecule has 33 heavy (non-hydrogen) atoms. The lowest BCUT2D eigenvalue weighted by molar-refractivity contribution is -0.130. The maximum absolute atomic E-state index is 12.7. The fourth-order valence-electron chi connectivity index (χ4n) is 3.02. The maximum atomic E-state index is 12.7. The summed E-state index contributed by atoms with van der Waals surface area (Å²) < 4.78 is 32.9. The number of likely N-dealkylation sites (N-methyl/N-ethyl adjacent to an activating group) is 2. The lowest BCUT2D eigenvalue weighted by Crippen LogP contribution is -2.39. The van der Waals surface area contributed by atoms with Crippen LogP contribution in [0.25, 0.3) is 11.5 Å². The number of benzene rings is 2. The highest BCUT2D eigenvalue weighted by molar-refractivity contribution is 9.10. The molecule has 8 nitrogen and oxygen atoms in total. The van der Waals surface area contributed by atoms with E-state index in [1.807, 2.05) is 24.3 Å². The fourth-order valence-corrected chi connectivity index (χ4v) is 4.41. The van der Waals surface area contributed by atoms with Crippen molar-refractivity contribution in [3.8, 4) is 11.5 Å². The second kappa shape index (κ2) is 9.74. The molecule has 3 rings (SSSR count). The molecule has 0 aliphatic rings. The summed E-state index contributed by atoms with van der Waals surface area (Å²) in [7, 11) is -0.860. The van der Waals surface area contributed by atoms with E-state index in [2.05, 4.69) is 46.9 Å². The van der Waals surface area contributed by atoms with Gasteiger partial charge in [0.1, 0.15) is 0 Å². The number of halogens is 1. The van der Waals surface area contributed by atoms with Crippen LogP contribution in [0.15, 0.2) is 62.3 Å². The molecule has 0 unspecified atom stereocenters. The smallest absolute Gasteiger partial charge is 0.247 e. The van der Waals surface area contributed by atoms with Crippen LogP contribution in [0.3, 0.4) is 0 Å². The van der Waals surface area contributed by atoms with Gasteiger partial charge in [-0.05, 0) is 47.4 Å². The molecule has 0 N–H and O–H groups in total. The molecular formula is C23H27BrN4O4S. The van der Waals surface area contributed by atoms with Crippen molar-refractivity contribution < 1.29 is 17.6 Å². The van der Waals surface area contributed by atoms with Gasteiger partial charge in [-0.15, -0.1) is 10.2 Å². The lowest BCUT2D eigenvalue weighted by atomic mass is 9.87. The first kappa shape index (κ1) is 25.1. The van der Waals surface area contributed by atoms with E-state index < -0.39 is 15.9 Å². The van der Waals surface area contributed by atoms with Crippen molar-refractivity contribution in [3.63, 3.8) is 0 Å². The zero-order valence-corrected chi connectivity index (χ0v) is 21.6. The minimum Gasteiger partial charge on any atom is -0.419 e. The Morgan fingerprint density at radius 2 is 1.61 bits per heavy atom. The van der Waals surface area contributed by atoms with Gasteiger partial charge >= 0.3 is 0 Å². The summed E-state index contributed by atoms with van der Waals surface area (Å²) in [4.78, 5) is 14.1. The van der Waals surface area contributed by atoms with Gasteiger partial charge < -0.3 is 9.32 Å². The average molecular weight is 535 g/mol. The Morgan fingerprint density at radius 1 is 1.00 bits per heavy atom. The second-order valence-electron chi connectivity index (χ2n) is 8.79. The predicted molar refractivity (Wildman–Crippen MR) is 129 cm³/mol. The van der Waals surface area contributed by atoms with Crippen molar-refractivity contribution in [3.05, 3.63) is 64.5 Å². The summed E-state index contributed by atoms with van der Waals surface area (Å²) in [5, 5.41) is 8.10. The number of amides is 1. The van der Waals surface area contributed by atoms with Gasteiger partial charge in [0.05, 0.1) is 18.0 Å². The molecule has 0 fully saturated rings. The van der Waals surface area contributed by atoms with Crippen LogP contribution in [0.1, 0.15) is 32.2 Å². The van der Waals surface area contributed by atoms with Crippen molar-refractivity contribution in [1.82, 2.24) is 19.4 Å². The minimum absolute atomic E-state index is 0.0413. The molecule has 176 valence electrons. The summed E-state index contributed by atoms with van der Waals surface area (Å²) in [5.74, 6) is 0.230. The maximum Gasteiger partial charge on any atom is 0.247 e. The van der Waals surface area contributed by atoms with Gasteiger partial charge in [0.25, 0.3) is 0 Å². The van der Waals surface area contributed by atoms with Crippen molar-refractivity contribution in [2.24, 2.45) is 0 Å². The first-order valence-corrected chi connectivity index (χ1v) is 12.5. The van der Waals surface area contributed by atoms with Crippen LogP contribution >= 0.6 is 15.9 Å². The number of hydrogen-bond donors (Lipinski definition) is 0. The Bertz CT molecular complexity index is 1220. The number of rotatable bonds is 7.